The zero-order valence-electron chi connectivity index (χ0n) is 36.0. The van der Waals surface area contributed by atoms with Crippen LogP contribution in [-0.4, -0.2) is 0 Å². The van der Waals surface area contributed by atoms with Gasteiger partial charge in [-0.25, -0.2) is 0 Å². The van der Waals surface area contributed by atoms with E-state index in [4.69, 9.17) is 4.42 Å². The fourth-order valence-electron chi connectivity index (χ4n) is 13.2. The van der Waals surface area contributed by atoms with Crippen molar-refractivity contribution in [1.29, 1.82) is 0 Å². The molecule has 0 fully saturated rings. The van der Waals surface area contributed by atoms with E-state index in [-0.39, 0.29) is 10.8 Å². The van der Waals surface area contributed by atoms with Gasteiger partial charge in [-0.2, -0.15) is 0 Å². The maximum atomic E-state index is 7.33. The number of hydrogen-bond donors (Lipinski definition) is 0. The Morgan fingerprint density at radius 3 is 1.15 bits per heavy atom. The Labute approximate surface area is 362 Å². The summed E-state index contributed by atoms with van der Waals surface area (Å²) in [5, 5.41) is 2.30. The lowest BCUT2D eigenvalue weighted by molar-refractivity contribution is 0.388. The van der Waals surface area contributed by atoms with Gasteiger partial charge in [0.05, 0.1) is 34.1 Å². The fraction of sp³-hybridized carbons (Fsp3) is 0.186. The molecule has 9 aromatic rings. The van der Waals surface area contributed by atoms with E-state index in [0.29, 0.717) is 0 Å². The molecule has 62 heavy (non-hydrogen) atoms. The summed E-state index contributed by atoms with van der Waals surface area (Å²) in [7, 11) is 0. The molecule has 0 amide bonds. The summed E-state index contributed by atoms with van der Waals surface area (Å²) in [5.74, 6) is 0. The minimum absolute atomic E-state index is 0.269. The number of fused-ring (bicyclic) bond motifs is 15. The largest absolute Gasteiger partial charge is 0.455 e. The zero-order valence-corrected chi connectivity index (χ0v) is 36.0. The maximum absolute atomic E-state index is 7.33. The van der Waals surface area contributed by atoms with Crippen LogP contribution in [0, 0.1) is 0 Å². The van der Waals surface area contributed by atoms with Gasteiger partial charge in [-0.3, -0.25) is 0 Å². The van der Waals surface area contributed by atoms with Gasteiger partial charge in [0, 0.05) is 43.6 Å². The summed E-state index contributed by atoms with van der Waals surface area (Å²) in [4.78, 5) is 5.20. The van der Waals surface area contributed by atoms with Gasteiger partial charge in [0.25, 0.3) is 0 Å². The lowest BCUT2D eigenvalue weighted by Gasteiger charge is -2.55. The second-order valence-corrected chi connectivity index (χ2v) is 20.1. The van der Waals surface area contributed by atoms with E-state index in [1.807, 2.05) is 0 Å². The topological polar surface area (TPSA) is 19.6 Å². The Balaban J connectivity index is 1.20. The number of benzene rings is 8. The number of rotatable bonds is 0. The van der Waals surface area contributed by atoms with Crippen LogP contribution in [0.2, 0.25) is 0 Å². The third-order valence-corrected chi connectivity index (χ3v) is 16.2. The zero-order chi connectivity index (χ0) is 41.7. The molecule has 1 aromatic heterocycles. The molecule has 0 aliphatic carbocycles. The van der Waals surface area contributed by atoms with Crippen molar-refractivity contribution in [1.82, 2.24) is 0 Å². The predicted molar refractivity (Wildman–Crippen MR) is 256 cm³/mol. The lowest BCUT2D eigenvalue weighted by atomic mass is 9.56. The Morgan fingerprint density at radius 2 is 0.726 bits per heavy atom. The minimum atomic E-state index is -0.420. The molecular formula is C59H46N2O. The van der Waals surface area contributed by atoms with Crippen LogP contribution < -0.4 is 9.80 Å². The summed E-state index contributed by atoms with van der Waals surface area (Å²) in [6.45, 7) is 14.8. The number of nitrogens with zero attached hydrogens (tertiary/aromatic N) is 2. The molecule has 0 saturated heterocycles. The summed E-state index contributed by atoms with van der Waals surface area (Å²) >= 11 is 0. The molecule has 14 rings (SSSR count). The molecule has 5 aliphatic heterocycles. The van der Waals surface area contributed by atoms with Gasteiger partial charge in [0.1, 0.15) is 11.2 Å². The van der Waals surface area contributed by atoms with E-state index >= 15 is 0 Å². The average Bonchev–Trinajstić information content (AvgIpc) is 3.68. The predicted octanol–water partition coefficient (Wildman–Crippen LogP) is 15.8. The van der Waals surface area contributed by atoms with Gasteiger partial charge in [-0.05, 0) is 111 Å². The second kappa shape index (κ2) is 11.2. The highest BCUT2D eigenvalue weighted by molar-refractivity contribution is 6.13. The van der Waals surface area contributed by atoms with Crippen LogP contribution in [0.1, 0.15) is 92.5 Å². The van der Waals surface area contributed by atoms with E-state index in [9.17, 15) is 0 Å². The Kier molecular flexibility index (Phi) is 6.26. The molecule has 3 heteroatoms. The van der Waals surface area contributed by atoms with E-state index in [1.54, 1.807) is 0 Å². The molecule has 6 bridgehead atoms. The third-order valence-electron chi connectivity index (χ3n) is 16.2. The van der Waals surface area contributed by atoms with Crippen LogP contribution in [0.4, 0.5) is 34.1 Å². The highest BCUT2D eigenvalue weighted by Gasteiger charge is 2.54. The molecule has 0 spiro atoms. The van der Waals surface area contributed by atoms with Crippen LogP contribution in [0.5, 0.6) is 0 Å². The molecule has 0 radical (unpaired) electrons. The standard InChI is InChI=1S/C59H46N2O/c1-56(2)40-21-7-11-25-48(40)60-50-27-13-9-23-42(50)58(5)33-59(6)43-24-10-14-28-51(43)61-49-26-12-8-22-41(49)57(3,4)45-30-35(32-47(59)53(45)61)37-18-16-20-39-38-19-15-17-36(54(38)62-55(37)39)34-29-44(56)52(60)46(58)31-34/h7-32H,33H2,1-6H3. The number of para-hydroxylation sites is 6. The molecule has 0 saturated carbocycles. The van der Waals surface area contributed by atoms with Crippen molar-refractivity contribution in [3.8, 4) is 22.3 Å². The first kappa shape index (κ1) is 34.8. The van der Waals surface area contributed by atoms with Gasteiger partial charge in [-0.15, -0.1) is 0 Å². The first-order chi connectivity index (χ1) is 30.0. The molecule has 5 aliphatic rings. The van der Waals surface area contributed by atoms with Crippen molar-refractivity contribution in [2.45, 2.75) is 69.6 Å². The third kappa shape index (κ3) is 3.96. The van der Waals surface area contributed by atoms with Crippen molar-refractivity contribution in [2.75, 3.05) is 9.80 Å². The van der Waals surface area contributed by atoms with Crippen molar-refractivity contribution in [3.05, 3.63) is 202 Å². The van der Waals surface area contributed by atoms with Crippen LogP contribution >= 0.6 is 0 Å². The monoisotopic (exact) mass is 798 g/mol. The first-order valence-corrected chi connectivity index (χ1v) is 22.3. The molecule has 2 atom stereocenters. The molecule has 298 valence electrons. The van der Waals surface area contributed by atoms with Gasteiger partial charge in [0.15, 0.2) is 0 Å². The van der Waals surface area contributed by atoms with Crippen LogP contribution in [0.25, 0.3) is 44.2 Å². The van der Waals surface area contributed by atoms with E-state index < -0.39 is 10.8 Å². The van der Waals surface area contributed by atoms with Crippen molar-refractivity contribution >= 4 is 56.1 Å². The lowest BCUT2D eigenvalue weighted by Crippen LogP contribution is -2.45. The van der Waals surface area contributed by atoms with Crippen molar-refractivity contribution in [2.24, 2.45) is 0 Å². The molecule has 6 heterocycles. The number of furan rings is 1. The van der Waals surface area contributed by atoms with Gasteiger partial charge in [0.2, 0.25) is 0 Å². The van der Waals surface area contributed by atoms with Crippen LogP contribution in [0.3, 0.4) is 0 Å². The summed E-state index contributed by atoms with van der Waals surface area (Å²) in [6, 6.07) is 60.4. The van der Waals surface area contributed by atoms with E-state index in [0.717, 1.165) is 39.5 Å². The van der Waals surface area contributed by atoms with Crippen LogP contribution in [0.15, 0.2) is 162 Å². The van der Waals surface area contributed by atoms with Gasteiger partial charge in [-0.1, -0.05) is 151 Å². The quantitative estimate of drug-likeness (QED) is 0.152. The molecular weight excluding hydrogens is 753 g/mol. The smallest absolute Gasteiger partial charge is 0.143 e. The van der Waals surface area contributed by atoms with Gasteiger partial charge >= 0.3 is 0 Å². The Bertz CT molecular complexity index is 3280. The molecule has 3 nitrogen and oxygen atoms in total. The Hall–Kier alpha value is -6.84. The van der Waals surface area contributed by atoms with Gasteiger partial charge < -0.3 is 14.2 Å². The highest BCUT2D eigenvalue weighted by atomic mass is 16.3. The van der Waals surface area contributed by atoms with E-state index in [1.165, 1.54) is 89.8 Å². The maximum Gasteiger partial charge on any atom is 0.143 e. The van der Waals surface area contributed by atoms with Crippen LogP contribution in [-0.2, 0) is 21.7 Å². The summed E-state index contributed by atoms with van der Waals surface area (Å²) in [6.07, 6.45) is 0.863. The molecule has 0 N–H and O–H groups in total. The fourth-order valence-corrected chi connectivity index (χ4v) is 13.2. The average molecular weight is 799 g/mol. The molecule has 2 unspecified atom stereocenters. The minimum Gasteiger partial charge on any atom is -0.455 e. The van der Waals surface area contributed by atoms with Crippen molar-refractivity contribution in [3.63, 3.8) is 0 Å². The SMILES string of the molecule is CC1(C)c2ccccc2N2c3ccccc3C3(C)CC4(C)c5ccccc5N5c6ccccc6C(C)(C)c6cc(cc4c65)-c4cccc5c4oc4c(cccc45)-c4cc1c2c3c4. The highest BCUT2D eigenvalue weighted by Crippen LogP contribution is 2.67. The first-order valence-electron chi connectivity index (χ1n) is 22.3. The summed E-state index contributed by atoms with van der Waals surface area (Å²) in [5.41, 5.74) is 23.8. The Morgan fingerprint density at radius 1 is 0.371 bits per heavy atom. The second-order valence-electron chi connectivity index (χ2n) is 20.1. The van der Waals surface area contributed by atoms with Crippen molar-refractivity contribution < 1.29 is 4.42 Å². The number of anilines is 6. The molecule has 8 aromatic carbocycles. The summed E-state index contributed by atoms with van der Waals surface area (Å²) < 4.78 is 7.33. The normalized spacial score (nSPS) is 21.0. The van der Waals surface area contributed by atoms with E-state index in [2.05, 4.69) is 209 Å². The number of hydrogen-bond acceptors (Lipinski definition) is 3.